The van der Waals surface area contributed by atoms with Crippen molar-refractivity contribution in [1.82, 2.24) is 0 Å². The molecule has 2 nitrogen and oxygen atoms in total. The summed E-state index contributed by atoms with van der Waals surface area (Å²) in [5.74, 6) is 0. The lowest BCUT2D eigenvalue weighted by atomic mass is 11.3. The number of thiocarbonyl (C=S) groups is 2. The maximum atomic E-state index is 5.03. The second-order valence-electron chi connectivity index (χ2n) is 1.21. The van der Waals surface area contributed by atoms with Gasteiger partial charge in [0.05, 0.1) is 0 Å². The van der Waals surface area contributed by atoms with Crippen LogP contribution in [0.25, 0.3) is 0 Å². The highest BCUT2D eigenvalue weighted by Crippen LogP contribution is 1.97. The largest absolute Gasteiger partial charge is 0.384 e. The Morgan fingerprint density at radius 3 is 1.25 bits per heavy atom. The van der Waals surface area contributed by atoms with Crippen molar-refractivity contribution < 1.29 is 0 Å². The molecule has 0 aliphatic rings. The van der Waals surface area contributed by atoms with Crippen molar-refractivity contribution in [2.24, 2.45) is 11.5 Å². The number of rotatable bonds is 2. The topological polar surface area (TPSA) is 52.0 Å². The second kappa shape index (κ2) is 11.0. The molecule has 0 atom stereocenters. The smallest absolute Gasteiger partial charge is 0.135 e. The Balaban J connectivity index is 0. The van der Waals surface area contributed by atoms with Crippen molar-refractivity contribution in [3.63, 3.8) is 0 Å². The Kier molecular flexibility index (Phi) is 13.2. The van der Waals surface area contributed by atoms with Crippen LogP contribution in [0, 0.1) is 0 Å². The minimum atomic E-state index is 0.421. The van der Waals surface area contributed by atoms with Gasteiger partial charge in [-0.15, -0.1) is 0 Å². The van der Waals surface area contributed by atoms with Gasteiger partial charge in [0, 0.05) is 0 Å². The van der Waals surface area contributed by atoms with Crippen LogP contribution in [0.2, 0.25) is 0 Å². The van der Waals surface area contributed by atoms with Gasteiger partial charge in [-0.1, -0.05) is 61.1 Å². The van der Waals surface area contributed by atoms with Gasteiger partial charge in [0.25, 0.3) is 0 Å². The maximum absolute atomic E-state index is 5.03. The van der Waals surface area contributed by atoms with Crippen molar-refractivity contribution in [3.05, 3.63) is 24.0 Å². The zero-order valence-electron chi connectivity index (χ0n) is 6.36. The zero-order chi connectivity index (χ0) is 9.98. The monoisotopic (exact) mass is 238 g/mol. The van der Waals surface area contributed by atoms with Crippen LogP contribution in [-0.4, -0.2) is 8.64 Å². The van der Waals surface area contributed by atoms with Crippen molar-refractivity contribution >= 4 is 56.6 Å². The molecule has 0 spiro atoms. The van der Waals surface area contributed by atoms with Gasteiger partial charge in [-0.05, 0) is 10.8 Å². The summed E-state index contributed by atoms with van der Waals surface area (Å²) in [4.78, 5) is 0. The molecule has 0 rings (SSSR count). The van der Waals surface area contributed by atoms with Crippen molar-refractivity contribution in [1.29, 1.82) is 0 Å². The molecule has 0 aromatic heterocycles. The van der Waals surface area contributed by atoms with Crippen molar-refractivity contribution in [3.8, 4) is 0 Å². The third kappa shape index (κ3) is 22.5. The van der Waals surface area contributed by atoms with E-state index >= 15 is 0 Å². The van der Waals surface area contributed by atoms with Gasteiger partial charge in [-0.25, -0.2) is 0 Å². The Morgan fingerprint density at radius 1 is 1.00 bits per heavy atom. The predicted octanol–water partition coefficient (Wildman–Crippen LogP) is 2.21. The lowest BCUT2D eigenvalue weighted by Gasteiger charge is -1.80. The lowest BCUT2D eigenvalue weighted by molar-refractivity contribution is 1.91. The Bertz CT molecular complexity index is 158. The summed E-state index contributed by atoms with van der Waals surface area (Å²) in [5.41, 5.74) is 10.1. The summed E-state index contributed by atoms with van der Waals surface area (Å²) in [5, 5.41) is 3.20. The van der Waals surface area contributed by atoms with E-state index in [0.717, 1.165) is 0 Å². The first kappa shape index (κ1) is 14.5. The van der Waals surface area contributed by atoms with Crippen LogP contribution >= 0.6 is 48.0 Å². The molecule has 0 fully saturated rings. The molecule has 0 aliphatic carbocycles. The molecule has 6 heteroatoms. The predicted molar refractivity (Wildman–Crippen MR) is 69.1 cm³/mol. The quantitative estimate of drug-likeness (QED) is 0.720. The fourth-order valence-electron chi connectivity index (χ4n) is 0.164. The Hall–Kier alpha value is -0.0400. The molecular formula is C6H10N2S4. The van der Waals surface area contributed by atoms with Gasteiger partial charge in [0.15, 0.2) is 0 Å². The molecular weight excluding hydrogens is 228 g/mol. The lowest BCUT2D eigenvalue weighted by Crippen LogP contribution is -1.98. The minimum absolute atomic E-state index is 0.421. The van der Waals surface area contributed by atoms with E-state index in [1.165, 1.54) is 23.5 Å². The van der Waals surface area contributed by atoms with E-state index in [2.05, 4.69) is 37.6 Å². The molecule has 0 radical (unpaired) electrons. The van der Waals surface area contributed by atoms with Crippen LogP contribution in [0.3, 0.4) is 0 Å². The van der Waals surface area contributed by atoms with Crippen molar-refractivity contribution in [2.75, 3.05) is 0 Å². The van der Waals surface area contributed by atoms with Crippen LogP contribution < -0.4 is 11.5 Å². The van der Waals surface area contributed by atoms with Crippen LogP contribution in [0.1, 0.15) is 0 Å². The Morgan fingerprint density at radius 2 is 1.25 bits per heavy atom. The van der Waals surface area contributed by atoms with E-state index in [0.29, 0.717) is 8.64 Å². The normalized spacial score (nSPS) is 7.33. The fraction of sp³-hybridized carbons (Fsp3) is 0. The molecule has 0 amide bonds. The third-order valence-corrected chi connectivity index (χ3v) is 1.77. The SMILES string of the molecule is C=CSC(N)=S.C=CSC(N)=S. The van der Waals surface area contributed by atoms with Crippen LogP contribution in [-0.2, 0) is 0 Å². The summed E-state index contributed by atoms with van der Waals surface area (Å²) in [6, 6.07) is 0. The van der Waals surface area contributed by atoms with E-state index < -0.39 is 0 Å². The minimum Gasteiger partial charge on any atom is -0.384 e. The van der Waals surface area contributed by atoms with Crippen molar-refractivity contribution in [2.45, 2.75) is 0 Å². The van der Waals surface area contributed by atoms with Crippen LogP contribution in [0.4, 0.5) is 0 Å². The molecule has 0 saturated heterocycles. The molecule has 4 N–H and O–H groups in total. The number of nitrogens with two attached hydrogens (primary N) is 2. The molecule has 0 bridgehead atoms. The molecule has 0 saturated carbocycles. The standard InChI is InChI=1S/2C3H5NS2/c2*1-2-6-3(4)5/h2*2H,1H2,(H2,4,5). The summed E-state index contributed by atoms with van der Waals surface area (Å²) < 4.78 is 0.843. The first-order valence-electron chi connectivity index (χ1n) is 2.68. The Labute approximate surface area is 91.8 Å². The average Bonchev–Trinajstić information content (AvgIpc) is 1.87. The van der Waals surface area contributed by atoms with Crippen LogP contribution in [0.15, 0.2) is 24.0 Å². The highest BCUT2D eigenvalue weighted by Gasteiger charge is 1.76. The summed E-state index contributed by atoms with van der Waals surface area (Å²) >= 11 is 11.4. The van der Waals surface area contributed by atoms with E-state index in [4.69, 9.17) is 11.5 Å². The number of thioether (sulfide) groups is 2. The van der Waals surface area contributed by atoms with Gasteiger partial charge in [0.2, 0.25) is 0 Å². The summed E-state index contributed by atoms with van der Waals surface area (Å²) in [6.45, 7) is 6.79. The van der Waals surface area contributed by atoms with Gasteiger partial charge in [0.1, 0.15) is 8.64 Å². The van der Waals surface area contributed by atoms with E-state index in [9.17, 15) is 0 Å². The van der Waals surface area contributed by atoms with E-state index in [1.54, 1.807) is 10.8 Å². The van der Waals surface area contributed by atoms with Gasteiger partial charge in [-0.3, -0.25) is 0 Å². The summed E-state index contributed by atoms with van der Waals surface area (Å²) in [7, 11) is 0. The summed E-state index contributed by atoms with van der Waals surface area (Å²) in [6.07, 6.45) is 0. The molecule has 68 valence electrons. The number of hydrogen-bond acceptors (Lipinski definition) is 4. The fourth-order valence-corrected chi connectivity index (χ4v) is 0.901. The maximum Gasteiger partial charge on any atom is 0.135 e. The third-order valence-electron chi connectivity index (χ3n) is 0.399. The molecule has 0 aromatic rings. The molecule has 0 aliphatic heterocycles. The van der Waals surface area contributed by atoms with Gasteiger partial charge >= 0.3 is 0 Å². The molecule has 0 heterocycles. The average molecular weight is 238 g/mol. The highest BCUT2D eigenvalue weighted by molar-refractivity contribution is 8.25. The second-order valence-corrected chi connectivity index (χ2v) is 4.62. The van der Waals surface area contributed by atoms with Crippen LogP contribution in [0.5, 0.6) is 0 Å². The molecule has 0 aromatic carbocycles. The highest BCUT2D eigenvalue weighted by atomic mass is 32.2. The number of hydrogen-bond donors (Lipinski definition) is 2. The zero-order valence-corrected chi connectivity index (χ0v) is 9.62. The van der Waals surface area contributed by atoms with E-state index in [1.807, 2.05) is 0 Å². The first-order valence-corrected chi connectivity index (χ1v) is 5.26. The first-order chi connectivity index (χ1) is 5.54. The molecule has 12 heavy (non-hydrogen) atoms. The molecule has 0 unspecified atom stereocenters. The van der Waals surface area contributed by atoms with Gasteiger partial charge < -0.3 is 11.5 Å². The van der Waals surface area contributed by atoms with Gasteiger partial charge in [-0.2, -0.15) is 0 Å². The van der Waals surface area contributed by atoms with E-state index in [-0.39, 0.29) is 0 Å².